The Kier molecular flexibility index (Phi) is 5.17. The average Bonchev–Trinajstić information content (AvgIpc) is 3.25. The van der Waals surface area contributed by atoms with E-state index >= 15 is 0 Å². The highest BCUT2D eigenvalue weighted by atomic mass is 32.1. The zero-order valence-corrected chi connectivity index (χ0v) is 16.2. The van der Waals surface area contributed by atoms with Crippen molar-refractivity contribution in [2.45, 2.75) is 0 Å². The molecule has 0 spiro atoms. The summed E-state index contributed by atoms with van der Waals surface area (Å²) in [6.45, 7) is 0. The molecule has 1 N–H and O–H groups in total. The van der Waals surface area contributed by atoms with Crippen molar-refractivity contribution in [3.8, 4) is 11.3 Å². The first kappa shape index (κ1) is 17.9. The van der Waals surface area contributed by atoms with Crippen LogP contribution >= 0.6 is 11.3 Å². The van der Waals surface area contributed by atoms with Gasteiger partial charge in [-0.15, -0.1) is 11.3 Å². The Balaban J connectivity index is 1.47. The molecule has 0 saturated carbocycles. The van der Waals surface area contributed by atoms with Crippen LogP contribution in [0.15, 0.2) is 90.3 Å². The normalized spacial score (nSPS) is 10.5. The van der Waals surface area contributed by atoms with Crippen LogP contribution in [0.5, 0.6) is 0 Å². The average molecular weight is 385 g/mol. The van der Waals surface area contributed by atoms with Gasteiger partial charge in [0, 0.05) is 34.9 Å². The number of rotatable bonds is 5. The molecule has 4 rings (SSSR count). The fourth-order valence-electron chi connectivity index (χ4n) is 2.83. The lowest BCUT2D eigenvalue weighted by Crippen LogP contribution is -2.11. The maximum Gasteiger partial charge on any atom is 0.255 e. The molecule has 4 nitrogen and oxygen atoms in total. The molecule has 28 heavy (non-hydrogen) atoms. The third kappa shape index (κ3) is 3.94. The van der Waals surface area contributed by atoms with Gasteiger partial charge in [-0.2, -0.15) is 0 Å². The van der Waals surface area contributed by atoms with Crippen LogP contribution in [0.1, 0.15) is 10.4 Å². The summed E-state index contributed by atoms with van der Waals surface area (Å²) in [6.07, 6.45) is 0. The Hall–Kier alpha value is -3.44. The van der Waals surface area contributed by atoms with Gasteiger partial charge in [-0.1, -0.05) is 48.5 Å². The van der Waals surface area contributed by atoms with E-state index in [1.54, 1.807) is 23.5 Å². The van der Waals surface area contributed by atoms with E-state index in [2.05, 4.69) is 22.3 Å². The van der Waals surface area contributed by atoms with Crippen molar-refractivity contribution in [1.82, 2.24) is 4.98 Å². The molecular weight excluding hydrogens is 366 g/mol. The third-order valence-electron chi connectivity index (χ3n) is 4.40. The lowest BCUT2D eigenvalue weighted by atomic mass is 10.1. The summed E-state index contributed by atoms with van der Waals surface area (Å²) in [7, 11) is 2.01. The number of thiazole rings is 1. The minimum atomic E-state index is -0.117. The largest absolute Gasteiger partial charge is 0.322 e. The zero-order valence-electron chi connectivity index (χ0n) is 15.4. The van der Waals surface area contributed by atoms with E-state index in [0.29, 0.717) is 5.56 Å². The summed E-state index contributed by atoms with van der Waals surface area (Å²) in [5.74, 6) is -0.117. The Labute approximate surface area is 168 Å². The van der Waals surface area contributed by atoms with Gasteiger partial charge in [0.15, 0.2) is 5.13 Å². The fourth-order valence-corrected chi connectivity index (χ4v) is 3.65. The smallest absolute Gasteiger partial charge is 0.255 e. The van der Waals surface area contributed by atoms with E-state index in [1.807, 2.05) is 73.1 Å². The van der Waals surface area contributed by atoms with Gasteiger partial charge in [0.25, 0.3) is 5.91 Å². The van der Waals surface area contributed by atoms with Crippen LogP contribution in [0, 0.1) is 0 Å². The molecule has 1 heterocycles. The number of hydrogen-bond acceptors (Lipinski definition) is 4. The number of carbonyl (C=O) groups excluding carboxylic acids is 1. The summed E-state index contributed by atoms with van der Waals surface area (Å²) in [4.78, 5) is 19.1. The molecule has 138 valence electrons. The van der Waals surface area contributed by atoms with E-state index in [4.69, 9.17) is 4.98 Å². The summed E-state index contributed by atoms with van der Waals surface area (Å²) in [5, 5.41) is 5.90. The number of amides is 1. The Morgan fingerprint density at radius 3 is 2.21 bits per heavy atom. The molecule has 0 atom stereocenters. The number of nitrogens with zero attached hydrogens (tertiary/aromatic N) is 2. The number of para-hydroxylation sites is 1. The zero-order chi connectivity index (χ0) is 19.3. The molecule has 0 fully saturated rings. The van der Waals surface area contributed by atoms with E-state index in [-0.39, 0.29) is 5.91 Å². The Morgan fingerprint density at radius 1 is 0.893 bits per heavy atom. The van der Waals surface area contributed by atoms with Crippen LogP contribution in [0.3, 0.4) is 0 Å². The van der Waals surface area contributed by atoms with Crippen molar-refractivity contribution in [3.63, 3.8) is 0 Å². The summed E-state index contributed by atoms with van der Waals surface area (Å²) in [5.41, 5.74) is 4.43. The van der Waals surface area contributed by atoms with Crippen LogP contribution in [-0.4, -0.2) is 17.9 Å². The summed E-state index contributed by atoms with van der Waals surface area (Å²) in [6, 6.07) is 27.1. The Morgan fingerprint density at radius 2 is 1.54 bits per heavy atom. The van der Waals surface area contributed by atoms with Crippen molar-refractivity contribution >= 4 is 33.8 Å². The van der Waals surface area contributed by atoms with Gasteiger partial charge < -0.3 is 10.2 Å². The predicted molar refractivity (Wildman–Crippen MR) is 116 cm³/mol. The molecular formula is C23H19N3OS. The van der Waals surface area contributed by atoms with Crippen LogP contribution in [-0.2, 0) is 0 Å². The molecule has 0 bridgehead atoms. The van der Waals surface area contributed by atoms with Crippen LogP contribution in [0.4, 0.5) is 16.5 Å². The highest BCUT2D eigenvalue weighted by Gasteiger charge is 2.11. The van der Waals surface area contributed by atoms with Gasteiger partial charge in [0.2, 0.25) is 0 Å². The van der Waals surface area contributed by atoms with Crippen molar-refractivity contribution in [1.29, 1.82) is 0 Å². The molecule has 0 aliphatic carbocycles. The topological polar surface area (TPSA) is 45.2 Å². The third-order valence-corrected chi connectivity index (χ3v) is 5.31. The van der Waals surface area contributed by atoms with Gasteiger partial charge in [0.1, 0.15) is 0 Å². The van der Waals surface area contributed by atoms with E-state index in [1.165, 1.54) is 0 Å². The molecule has 0 unspecified atom stereocenters. The SMILES string of the molecule is CN(c1ccccc1)c1nc(-c2ccc(NC(=O)c3ccccc3)cc2)cs1. The lowest BCUT2D eigenvalue weighted by Gasteiger charge is -2.15. The second kappa shape index (κ2) is 8.06. The van der Waals surface area contributed by atoms with Crippen molar-refractivity contribution in [3.05, 3.63) is 95.9 Å². The highest BCUT2D eigenvalue weighted by Crippen LogP contribution is 2.31. The number of carbonyl (C=O) groups is 1. The lowest BCUT2D eigenvalue weighted by molar-refractivity contribution is 0.102. The maximum atomic E-state index is 12.3. The predicted octanol–water partition coefficient (Wildman–Crippen LogP) is 5.83. The van der Waals surface area contributed by atoms with Gasteiger partial charge in [-0.3, -0.25) is 4.79 Å². The van der Waals surface area contributed by atoms with Crippen molar-refractivity contribution in [2.75, 3.05) is 17.3 Å². The second-order valence-electron chi connectivity index (χ2n) is 6.31. The van der Waals surface area contributed by atoms with Gasteiger partial charge in [-0.25, -0.2) is 4.98 Å². The number of hydrogen-bond donors (Lipinski definition) is 1. The van der Waals surface area contributed by atoms with Crippen LogP contribution in [0.25, 0.3) is 11.3 Å². The van der Waals surface area contributed by atoms with Gasteiger partial charge >= 0.3 is 0 Å². The fraction of sp³-hybridized carbons (Fsp3) is 0.0435. The number of aromatic nitrogens is 1. The molecule has 5 heteroatoms. The number of nitrogens with one attached hydrogen (secondary N) is 1. The molecule has 4 aromatic rings. The summed E-state index contributed by atoms with van der Waals surface area (Å²) < 4.78 is 0. The quantitative estimate of drug-likeness (QED) is 0.470. The molecule has 0 aliphatic rings. The molecule has 0 aliphatic heterocycles. The van der Waals surface area contributed by atoms with E-state index in [9.17, 15) is 4.79 Å². The van der Waals surface area contributed by atoms with Crippen molar-refractivity contribution < 1.29 is 4.79 Å². The van der Waals surface area contributed by atoms with Crippen molar-refractivity contribution in [2.24, 2.45) is 0 Å². The van der Waals surface area contributed by atoms with Crippen LogP contribution < -0.4 is 10.2 Å². The molecule has 1 aromatic heterocycles. The minimum Gasteiger partial charge on any atom is -0.322 e. The molecule has 1 amide bonds. The van der Waals surface area contributed by atoms with E-state index < -0.39 is 0 Å². The van der Waals surface area contributed by atoms with Gasteiger partial charge in [0.05, 0.1) is 5.69 Å². The molecule has 0 saturated heterocycles. The standard InChI is InChI=1S/C23H19N3OS/c1-26(20-10-6-3-7-11-20)23-25-21(16-28-23)17-12-14-19(15-13-17)24-22(27)18-8-4-2-5-9-18/h2-16H,1H3,(H,24,27). The summed E-state index contributed by atoms with van der Waals surface area (Å²) >= 11 is 1.60. The minimum absolute atomic E-state index is 0.117. The second-order valence-corrected chi connectivity index (χ2v) is 7.14. The van der Waals surface area contributed by atoms with Crippen LogP contribution in [0.2, 0.25) is 0 Å². The molecule has 3 aromatic carbocycles. The number of anilines is 3. The van der Waals surface area contributed by atoms with E-state index in [0.717, 1.165) is 27.8 Å². The number of benzene rings is 3. The Bertz CT molecular complexity index is 1060. The first-order valence-electron chi connectivity index (χ1n) is 8.92. The van der Waals surface area contributed by atoms with Gasteiger partial charge in [-0.05, 0) is 36.4 Å². The maximum absolute atomic E-state index is 12.3. The first-order chi connectivity index (χ1) is 13.7. The monoisotopic (exact) mass is 385 g/mol. The molecule has 0 radical (unpaired) electrons. The highest BCUT2D eigenvalue weighted by molar-refractivity contribution is 7.14. The first-order valence-corrected chi connectivity index (χ1v) is 9.80.